The van der Waals surface area contributed by atoms with Gasteiger partial charge in [0.1, 0.15) is 5.92 Å². The zero-order valence-corrected chi connectivity index (χ0v) is 10.9. The monoisotopic (exact) mass is 253 g/mol. The average Bonchev–Trinajstić information content (AvgIpc) is 2.39. The van der Waals surface area contributed by atoms with Crippen molar-refractivity contribution >= 4 is 22.4 Å². The lowest BCUT2D eigenvalue weighted by atomic mass is 9.96. The molecule has 1 amide bonds. The van der Waals surface area contributed by atoms with Crippen LogP contribution in [0.4, 0.5) is 5.69 Å². The number of anilines is 1. The molecule has 2 aromatic rings. The molecule has 1 aromatic heterocycles. The second kappa shape index (κ2) is 5.49. The Hall–Kier alpha value is -2.41. The number of nitrogens with one attached hydrogen (secondary N) is 1. The van der Waals surface area contributed by atoms with Crippen molar-refractivity contribution < 1.29 is 4.79 Å². The van der Waals surface area contributed by atoms with Crippen LogP contribution in [0.2, 0.25) is 0 Å². The number of carbonyl (C=O) groups is 1. The van der Waals surface area contributed by atoms with Crippen LogP contribution >= 0.6 is 0 Å². The SMILES string of the molecule is CC(C)C(C#N)C(=O)Nc1cccc2ccncc12. The van der Waals surface area contributed by atoms with Crippen molar-refractivity contribution in [1.82, 2.24) is 4.98 Å². The van der Waals surface area contributed by atoms with Gasteiger partial charge in [0.05, 0.1) is 11.8 Å². The summed E-state index contributed by atoms with van der Waals surface area (Å²) in [6.07, 6.45) is 3.42. The van der Waals surface area contributed by atoms with Crippen molar-refractivity contribution in [3.05, 3.63) is 36.7 Å². The third kappa shape index (κ3) is 2.71. The third-order valence-corrected chi connectivity index (χ3v) is 3.03. The number of aromatic nitrogens is 1. The Morgan fingerprint density at radius 1 is 1.37 bits per heavy atom. The highest BCUT2D eigenvalue weighted by atomic mass is 16.1. The molecule has 0 aliphatic carbocycles. The molecular weight excluding hydrogens is 238 g/mol. The Kier molecular flexibility index (Phi) is 3.76. The molecule has 0 aliphatic heterocycles. The summed E-state index contributed by atoms with van der Waals surface area (Å²) in [5.74, 6) is -0.932. The Balaban J connectivity index is 2.32. The highest BCUT2D eigenvalue weighted by Crippen LogP contribution is 2.23. The molecule has 0 radical (unpaired) electrons. The van der Waals surface area contributed by atoms with E-state index in [9.17, 15) is 4.79 Å². The number of benzene rings is 1. The van der Waals surface area contributed by atoms with Gasteiger partial charge in [0.2, 0.25) is 5.91 Å². The molecule has 96 valence electrons. The molecular formula is C15H15N3O. The van der Waals surface area contributed by atoms with E-state index in [4.69, 9.17) is 5.26 Å². The highest BCUT2D eigenvalue weighted by molar-refractivity contribution is 6.03. The normalized spacial score (nSPS) is 12.1. The van der Waals surface area contributed by atoms with Crippen LogP contribution in [0.3, 0.4) is 0 Å². The van der Waals surface area contributed by atoms with Gasteiger partial charge in [-0.05, 0) is 23.4 Å². The second-order valence-corrected chi connectivity index (χ2v) is 4.74. The molecule has 1 unspecified atom stereocenters. The zero-order chi connectivity index (χ0) is 13.8. The number of hydrogen-bond acceptors (Lipinski definition) is 3. The topological polar surface area (TPSA) is 65.8 Å². The minimum absolute atomic E-state index is 0.0156. The van der Waals surface area contributed by atoms with Crippen LogP contribution in [-0.4, -0.2) is 10.9 Å². The van der Waals surface area contributed by atoms with Gasteiger partial charge in [-0.25, -0.2) is 0 Å². The molecule has 0 saturated heterocycles. The number of rotatable bonds is 3. The lowest BCUT2D eigenvalue weighted by molar-refractivity contribution is -0.119. The van der Waals surface area contributed by atoms with Crippen LogP contribution in [0.1, 0.15) is 13.8 Å². The fraction of sp³-hybridized carbons (Fsp3) is 0.267. The van der Waals surface area contributed by atoms with E-state index in [2.05, 4.69) is 10.3 Å². The Labute approximate surface area is 112 Å². The van der Waals surface area contributed by atoms with E-state index in [0.717, 1.165) is 10.8 Å². The van der Waals surface area contributed by atoms with Gasteiger partial charge in [-0.1, -0.05) is 26.0 Å². The van der Waals surface area contributed by atoms with Crippen LogP contribution < -0.4 is 5.32 Å². The predicted molar refractivity (Wildman–Crippen MR) is 74.3 cm³/mol. The standard InChI is InChI=1S/C15H15N3O/c1-10(2)12(8-16)15(19)18-14-5-3-4-11-6-7-17-9-13(11)14/h3-7,9-10,12H,1-2H3,(H,18,19). The maximum absolute atomic E-state index is 12.1. The zero-order valence-electron chi connectivity index (χ0n) is 10.9. The van der Waals surface area contributed by atoms with E-state index in [1.54, 1.807) is 12.4 Å². The summed E-state index contributed by atoms with van der Waals surface area (Å²) in [7, 11) is 0. The quantitative estimate of drug-likeness (QED) is 0.914. The van der Waals surface area contributed by atoms with Crippen LogP contribution in [0, 0.1) is 23.2 Å². The fourth-order valence-electron chi connectivity index (χ4n) is 1.94. The van der Waals surface area contributed by atoms with Gasteiger partial charge in [0, 0.05) is 17.8 Å². The van der Waals surface area contributed by atoms with Gasteiger partial charge in [-0.3, -0.25) is 9.78 Å². The molecule has 0 bridgehead atoms. The first kappa shape index (κ1) is 13.0. The van der Waals surface area contributed by atoms with Gasteiger partial charge >= 0.3 is 0 Å². The maximum atomic E-state index is 12.1. The summed E-state index contributed by atoms with van der Waals surface area (Å²) >= 11 is 0. The minimum Gasteiger partial charge on any atom is -0.324 e. The van der Waals surface area contributed by atoms with Crippen molar-refractivity contribution in [3.63, 3.8) is 0 Å². The summed E-state index contributed by atoms with van der Waals surface area (Å²) in [5.41, 5.74) is 0.691. The van der Waals surface area contributed by atoms with Crippen LogP contribution in [0.15, 0.2) is 36.7 Å². The molecule has 1 heterocycles. The largest absolute Gasteiger partial charge is 0.324 e. The van der Waals surface area contributed by atoms with Gasteiger partial charge in [0.15, 0.2) is 0 Å². The van der Waals surface area contributed by atoms with Gasteiger partial charge in [0.25, 0.3) is 0 Å². The van der Waals surface area contributed by atoms with Crippen LogP contribution in [0.5, 0.6) is 0 Å². The molecule has 4 heteroatoms. The first-order chi connectivity index (χ1) is 9.13. The van der Waals surface area contributed by atoms with Gasteiger partial charge in [-0.15, -0.1) is 0 Å². The number of carbonyl (C=O) groups excluding carboxylic acids is 1. The summed E-state index contributed by atoms with van der Waals surface area (Å²) in [4.78, 5) is 16.1. The van der Waals surface area contributed by atoms with Crippen LogP contribution in [-0.2, 0) is 4.79 Å². The molecule has 0 fully saturated rings. The van der Waals surface area contributed by atoms with E-state index >= 15 is 0 Å². The van der Waals surface area contributed by atoms with E-state index in [-0.39, 0.29) is 11.8 Å². The molecule has 0 spiro atoms. The van der Waals surface area contributed by atoms with E-state index in [1.807, 2.05) is 44.2 Å². The van der Waals surface area contributed by atoms with Crippen LogP contribution in [0.25, 0.3) is 10.8 Å². The third-order valence-electron chi connectivity index (χ3n) is 3.03. The Morgan fingerprint density at radius 2 is 2.16 bits per heavy atom. The summed E-state index contributed by atoms with van der Waals surface area (Å²) < 4.78 is 0. The van der Waals surface area contributed by atoms with Crippen molar-refractivity contribution in [1.29, 1.82) is 5.26 Å². The molecule has 1 atom stereocenters. The van der Waals surface area contributed by atoms with Crippen molar-refractivity contribution in [3.8, 4) is 6.07 Å². The molecule has 1 N–H and O–H groups in total. The summed E-state index contributed by atoms with van der Waals surface area (Å²) in [6, 6.07) is 9.57. The molecule has 1 aromatic carbocycles. The van der Waals surface area contributed by atoms with E-state index in [0.29, 0.717) is 5.69 Å². The molecule has 0 aliphatic rings. The fourth-order valence-corrected chi connectivity index (χ4v) is 1.94. The lowest BCUT2D eigenvalue weighted by Crippen LogP contribution is -2.25. The van der Waals surface area contributed by atoms with Gasteiger partial charge < -0.3 is 5.32 Å². The van der Waals surface area contributed by atoms with Crippen molar-refractivity contribution in [2.75, 3.05) is 5.32 Å². The predicted octanol–water partition coefficient (Wildman–Crippen LogP) is 2.97. The van der Waals surface area contributed by atoms with Gasteiger partial charge in [-0.2, -0.15) is 5.26 Å². The molecule has 19 heavy (non-hydrogen) atoms. The smallest absolute Gasteiger partial charge is 0.242 e. The summed E-state index contributed by atoms with van der Waals surface area (Å²) in [6.45, 7) is 3.72. The number of fused-ring (bicyclic) bond motifs is 1. The lowest BCUT2D eigenvalue weighted by Gasteiger charge is -2.14. The average molecular weight is 253 g/mol. The molecule has 2 rings (SSSR count). The Morgan fingerprint density at radius 3 is 2.84 bits per heavy atom. The Bertz CT molecular complexity index is 638. The first-order valence-electron chi connectivity index (χ1n) is 6.16. The minimum atomic E-state index is -0.646. The van der Waals surface area contributed by atoms with E-state index in [1.165, 1.54) is 0 Å². The number of nitriles is 1. The second-order valence-electron chi connectivity index (χ2n) is 4.74. The number of amides is 1. The molecule has 4 nitrogen and oxygen atoms in total. The number of pyridine rings is 1. The maximum Gasteiger partial charge on any atom is 0.242 e. The highest BCUT2D eigenvalue weighted by Gasteiger charge is 2.22. The summed E-state index contributed by atoms with van der Waals surface area (Å²) in [5, 5.41) is 13.7. The number of nitrogens with zero attached hydrogens (tertiary/aromatic N) is 2. The molecule has 0 saturated carbocycles. The van der Waals surface area contributed by atoms with Crippen molar-refractivity contribution in [2.24, 2.45) is 11.8 Å². The van der Waals surface area contributed by atoms with E-state index < -0.39 is 5.92 Å². The van der Waals surface area contributed by atoms with Crippen molar-refractivity contribution in [2.45, 2.75) is 13.8 Å². The first-order valence-corrected chi connectivity index (χ1v) is 6.16. The number of hydrogen-bond donors (Lipinski definition) is 1.